The zero-order chi connectivity index (χ0) is 11.2. The molecule has 0 N–H and O–H groups in total. The van der Waals surface area contributed by atoms with Crippen LogP contribution < -0.4 is 0 Å². The van der Waals surface area contributed by atoms with Gasteiger partial charge >= 0.3 is 0 Å². The normalized spacial score (nSPS) is 27.5. The van der Waals surface area contributed by atoms with Gasteiger partial charge in [-0.3, -0.25) is 4.79 Å². The fourth-order valence-corrected chi connectivity index (χ4v) is 2.04. The highest BCUT2D eigenvalue weighted by Crippen LogP contribution is 2.61. The maximum Gasteiger partial charge on any atom is 0.266 e. The van der Waals surface area contributed by atoms with E-state index in [4.69, 9.17) is 11.6 Å². The largest absolute Gasteiger partial charge is 0.299 e. The molecule has 1 nitrogen and oxygen atoms in total. The minimum absolute atomic E-state index is 0.458. The summed E-state index contributed by atoms with van der Waals surface area (Å²) in [5, 5.41) is 0.502. The minimum Gasteiger partial charge on any atom is -0.299 e. The molecule has 0 heterocycles. The van der Waals surface area contributed by atoms with Crippen molar-refractivity contribution < 1.29 is 13.6 Å². The number of alkyl halides is 2. The number of hydrogen-bond acceptors (Lipinski definition) is 1. The lowest BCUT2D eigenvalue weighted by atomic mass is 10.1. The molecule has 1 aromatic rings. The molecular weight excluding hydrogens is 222 g/mol. The van der Waals surface area contributed by atoms with Gasteiger partial charge < -0.3 is 0 Å². The van der Waals surface area contributed by atoms with E-state index in [1.165, 1.54) is 6.92 Å². The Bertz CT molecular complexity index is 400. The van der Waals surface area contributed by atoms with Gasteiger partial charge in [0.25, 0.3) is 5.92 Å². The average Bonchev–Trinajstić information content (AvgIpc) is 2.70. The molecule has 0 saturated heterocycles. The van der Waals surface area contributed by atoms with Crippen molar-refractivity contribution >= 4 is 17.4 Å². The van der Waals surface area contributed by atoms with Crippen molar-refractivity contribution in [1.29, 1.82) is 0 Å². The van der Waals surface area contributed by atoms with Crippen molar-refractivity contribution in [2.24, 2.45) is 5.92 Å². The lowest BCUT2D eigenvalue weighted by Crippen LogP contribution is -2.01. The van der Waals surface area contributed by atoms with Gasteiger partial charge in [0.15, 0.2) is 0 Å². The number of ketones is 1. The molecule has 0 spiro atoms. The second-order valence-electron chi connectivity index (χ2n) is 3.79. The second-order valence-corrected chi connectivity index (χ2v) is 4.23. The summed E-state index contributed by atoms with van der Waals surface area (Å²) in [5.74, 6) is -5.47. The van der Waals surface area contributed by atoms with Crippen LogP contribution in [0.25, 0.3) is 0 Å². The first-order valence-corrected chi connectivity index (χ1v) is 4.96. The van der Waals surface area contributed by atoms with Crippen molar-refractivity contribution in [3.63, 3.8) is 0 Å². The van der Waals surface area contributed by atoms with E-state index >= 15 is 0 Å². The Morgan fingerprint density at radius 1 is 1.33 bits per heavy atom. The molecule has 0 amide bonds. The first-order valence-electron chi connectivity index (χ1n) is 4.58. The van der Waals surface area contributed by atoms with Gasteiger partial charge in [-0.15, -0.1) is 0 Å². The van der Waals surface area contributed by atoms with Crippen LogP contribution in [0.4, 0.5) is 8.78 Å². The summed E-state index contributed by atoms with van der Waals surface area (Å²) in [6.07, 6.45) is 0. The Labute approximate surface area is 91.0 Å². The maximum absolute atomic E-state index is 13.2. The first-order chi connectivity index (χ1) is 6.94. The van der Waals surface area contributed by atoms with Crippen LogP contribution in [0.5, 0.6) is 0 Å². The molecule has 80 valence electrons. The standard InChI is InChI=1S/C11H9ClF2O/c1-6(15)9-10(11(9,13)14)7-2-4-8(12)5-3-7/h2-5,9-10H,1H3. The van der Waals surface area contributed by atoms with Gasteiger partial charge in [0, 0.05) is 5.02 Å². The van der Waals surface area contributed by atoms with Crippen molar-refractivity contribution in [1.82, 2.24) is 0 Å². The quantitative estimate of drug-likeness (QED) is 0.762. The molecule has 0 aliphatic heterocycles. The van der Waals surface area contributed by atoms with Crippen LogP contribution in [-0.4, -0.2) is 11.7 Å². The Hall–Kier alpha value is -0.960. The molecular formula is C11H9ClF2O. The Kier molecular flexibility index (Phi) is 2.30. The maximum atomic E-state index is 13.2. The molecule has 1 aliphatic rings. The smallest absolute Gasteiger partial charge is 0.266 e. The van der Waals surface area contributed by atoms with Gasteiger partial charge in [-0.25, -0.2) is 8.78 Å². The predicted molar refractivity (Wildman–Crippen MR) is 53.3 cm³/mol. The van der Waals surface area contributed by atoms with Crippen molar-refractivity contribution in [3.05, 3.63) is 34.9 Å². The fraction of sp³-hybridized carbons (Fsp3) is 0.364. The average molecular weight is 231 g/mol. The van der Waals surface area contributed by atoms with E-state index in [0.717, 1.165) is 0 Å². The van der Waals surface area contributed by atoms with E-state index in [1.54, 1.807) is 24.3 Å². The molecule has 2 rings (SSSR count). The van der Waals surface area contributed by atoms with Crippen LogP contribution in [0, 0.1) is 5.92 Å². The molecule has 1 aliphatic carbocycles. The summed E-state index contributed by atoms with van der Waals surface area (Å²) in [6, 6.07) is 6.21. The van der Waals surface area contributed by atoms with Gasteiger partial charge in [-0.2, -0.15) is 0 Å². The third-order valence-electron chi connectivity index (χ3n) is 2.72. The molecule has 2 atom stereocenters. The summed E-state index contributed by atoms with van der Waals surface area (Å²) in [4.78, 5) is 11.0. The summed E-state index contributed by atoms with van der Waals surface area (Å²) in [6.45, 7) is 1.20. The molecule has 1 aromatic carbocycles. The Morgan fingerprint density at radius 2 is 1.87 bits per heavy atom. The van der Waals surface area contributed by atoms with Crippen LogP contribution >= 0.6 is 11.6 Å². The molecule has 2 unspecified atom stereocenters. The van der Waals surface area contributed by atoms with Crippen LogP contribution in [0.15, 0.2) is 24.3 Å². The minimum atomic E-state index is -2.89. The number of hydrogen-bond donors (Lipinski definition) is 0. The van der Waals surface area contributed by atoms with E-state index in [9.17, 15) is 13.6 Å². The Balaban J connectivity index is 2.27. The zero-order valence-electron chi connectivity index (χ0n) is 8.01. The summed E-state index contributed by atoms with van der Waals surface area (Å²) in [5.41, 5.74) is 0.476. The summed E-state index contributed by atoms with van der Waals surface area (Å²) >= 11 is 5.65. The van der Waals surface area contributed by atoms with Gasteiger partial charge in [-0.1, -0.05) is 23.7 Å². The lowest BCUT2D eigenvalue weighted by Gasteiger charge is -1.98. The van der Waals surface area contributed by atoms with Crippen LogP contribution in [0.1, 0.15) is 18.4 Å². The van der Waals surface area contributed by atoms with E-state index in [2.05, 4.69) is 0 Å². The zero-order valence-corrected chi connectivity index (χ0v) is 8.76. The van der Waals surface area contributed by atoms with E-state index in [-0.39, 0.29) is 0 Å². The number of carbonyl (C=O) groups excluding carboxylic acids is 1. The number of halogens is 3. The predicted octanol–water partition coefficient (Wildman–Crippen LogP) is 3.28. The molecule has 0 radical (unpaired) electrons. The molecule has 1 saturated carbocycles. The highest BCUT2D eigenvalue weighted by molar-refractivity contribution is 6.30. The number of benzene rings is 1. The number of carbonyl (C=O) groups is 1. The van der Waals surface area contributed by atoms with Gasteiger partial charge in [0.1, 0.15) is 5.78 Å². The fourth-order valence-electron chi connectivity index (χ4n) is 1.92. The SMILES string of the molecule is CC(=O)C1C(c2ccc(Cl)cc2)C1(F)F. The number of Topliss-reactive ketones (excluding diaryl/α,β-unsaturated/α-hetero) is 1. The van der Waals surface area contributed by atoms with E-state index < -0.39 is 23.5 Å². The van der Waals surface area contributed by atoms with E-state index in [0.29, 0.717) is 10.6 Å². The summed E-state index contributed by atoms with van der Waals surface area (Å²) in [7, 11) is 0. The van der Waals surface area contributed by atoms with Crippen LogP contribution in [-0.2, 0) is 4.79 Å². The molecule has 15 heavy (non-hydrogen) atoms. The summed E-state index contributed by atoms with van der Waals surface area (Å²) < 4.78 is 26.5. The van der Waals surface area contributed by atoms with Crippen LogP contribution in [0.2, 0.25) is 5.02 Å². The van der Waals surface area contributed by atoms with Crippen LogP contribution in [0.3, 0.4) is 0 Å². The van der Waals surface area contributed by atoms with Gasteiger partial charge in [0.2, 0.25) is 0 Å². The lowest BCUT2D eigenvalue weighted by molar-refractivity contribution is -0.120. The monoisotopic (exact) mass is 230 g/mol. The van der Waals surface area contributed by atoms with Gasteiger partial charge in [-0.05, 0) is 24.6 Å². The number of rotatable bonds is 2. The second kappa shape index (κ2) is 3.27. The Morgan fingerprint density at radius 3 is 2.27 bits per heavy atom. The van der Waals surface area contributed by atoms with Crippen molar-refractivity contribution in [3.8, 4) is 0 Å². The third-order valence-corrected chi connectivity index (χ3v) is 2.97. The van der Waals surface area contributed by atoms with Crippen molar-refractivity contribution in [2.75, 3.05) is 0 Å². The third kappa shape index (κ3) is 1.65. The van der Waals surface area contributed by atoms with Crippen molar-refractivity contribution in [2.45, 2.75) is 18.8 Å². The highest BCUT2D eigenvalue weighted by Gasteiger charge is 2.70. The highest BCUT2D eigenvalue weighted by atomic mass is 35.5. The van der Waals surface area contributed by atoms with E-state index in [1.807, 2.05) is 0 Å². The topological polar surface area (TPSA) is 17.1 Å². The molecule has 0 aromatic heterocycles. The van der Waals surface area contributed by atoms with Gasteiger partial charge in [0.05, 0.1) is 11.8 Å². The molecule has 0 bridgehead atoms. The molecule has 1 fully saturated rings. The first kappa shape index (κ1) is 10.6. The molecule has 4 heteroatoms.